The average molecular weight is 459 g/mol. The molecule has 33 heavy (non-hydrogen) atoms. The van der Waals surface area contributed by atoms with E-state index in [1.54, 1.807) is 0 Å². The highest BCUT2D eigenvalue weighted by Crippen LogP contribution is 2.33. The Morgan fingerprint density at radius 1 is 0.909 bits per heavy atom. The summed E-state index contributed by atoms with van der Waals surface area (Å²) < 4.78 is 10.9. The van der Waals surface area contributed by atoms with E-state index in [1.807, 2.05) is 12.2 Å². The Morgan fingerprint density at radius 2 is 1.39 bits per heavy atom. The minimum absolute atomic E-state index is 0.0238. The third-order valence-corrected chi connectivity index (χ3v) is 4.57. The molecule has 0 unspecified atom stereocenters. The van der Waals surface area contributed by atoms with Crippen LogP contribution in [0, 0.1) is 0 Å². The van der Waals surface area contributed by atoms with E-state index in [2.05, 4.69) is 10.6 Å². The van der Waals surface area contributed by atoms with Gasteiger partial charge in [-0.25, -0.2) is 0 Å². The van der Waals surface area contributed by atoms with Crippen LogP contribution in [0.1, 0.15) is 27.1 Å². The molecule has 0 aliphatic carbocycles. The molecule has 0 radical (unpaired) electrons. The van der Waals surface area contributed by atoms with Gasteiger partial charge < -0.3 is 48.1 Å². The molecule has 2 aromatic rings. The Kier molecular flexibility index (Phi) is 9.18. The van der Waals surface area contributed by atoms with Crippen molar-refractivity contribution in [3.8, 4) is 11.5 Å². The molecule has 0 aliphatic heterocycles. The Balaban J connectivity index is 2.02. The first-order valence-corrected chi connectivity index (χ1v) is 10.2. The Labute approximate surface area is 191 Å². The number of methoxy groups -OCH3 is 1. The molecule has 0 aliphatic rings. The van der Waals surface area contributed by atoms with Crippen LogP contribution < -0.4 is 43.0 Å². The first kappa shape index (κ1) is 25.1. The lowest BCUT2D eigenvalue weighted by molar-refractivity contribution is 0.0991. The number of aliphatic hydroxyl groups excluding tert-OH is 1. The summed E-state index contributed by atoms with van der Waals surface area (Å²) in [5.41, 5.74) is 24.9. The molecule has 11 heteroatoms. The highest BCUT2D eigenvalue weighted by Gasteiger charge is 2.13. The molecule has 11 N–H and O–H groups in total. The Bertz CT molecular complexity index is 1020. The number of nitrogens with one attached hydrogen (secondary N) is 2. The van der Waals surface area contributed by atoms with Crippen molar-refractivity contribution in [2.24, 2.45) is 11.5 Å². The maximum atomic E-state index is 11.5. The molecular formula is C22H30N6O5. The Hall–Kier alpha value is -4.12. The average Bonchev–Trinajstić information content (AvgIpc) is 2.77. The smallest absolute Gasteiger partial charge is 0.248 e. The van der Waals surface area contributed by atoms with Crippen LogP contribution in [0.2, 0.25) is 0 Å². The molecule has 11 nitrogen and oxygen atoms in total. The minimum Gasteiger partial charge on any atom is -0.494 e. The molecule has 178 valence electrons. The van der Waals surface area contributed by atoms with Gasteiger partial charge >= 0.3 is 0 Å². The molecule has 0 saturated heterocycles. The molecule has 0 spiro atoms. The molecule has 2 rings (SSSR count). The molecule has 0 heterocycles. The lowest BCUT2D eigenvalue weighted by atomic mass is 10.1. The first-order chi connectivity index (χ1) is 15.8. The van der Waals surface area contributed by atoms with E-state index in [-0.39, 0.29) is 24.3 Å². The summed E-state index contributed by atoms with van der Waals surface area (Å²) in [6.07, 6.45) is 4.14. The second-order valence-corrected chi connectivity index (χ2v) is 6.97. The third kappa shape index (κ3) is 6.94. The topological polar surface area (TPSA) is 201 Å². The van der Waals surface area contributed by atoms with Crippen molar-refractivity contribution in [2.45, 2.75) is 6.42 Å². The maximum Gasteiger partial charge on any atom is 0.248 e. The summed E-state index contributed by atoms with van der Waals surface area (Å²) in [5.74, 6) is -0.441. The van der Waals surface area contributed by atoms with Crippen LogP contribution in [0.5, 0.6) is 11.5 Å². The van der Waals surface area contributed by atoms with E-state index in [1.165, 1.54) is 31.4 Å². The molecule has 0 aromatic heterocycles. The zero-order valence-electron chi connectivity index (χ0n) is 18.4. The van der Waals surface area contributed by atoms with Crippen LogP contribution in [0.15, 0.2) is 36.4 Å². The number of benzene rings is 2. The summed E-state index contributed by atoms with van der Waals surface area (Å²) in [6, 6.07) is 5.98. The number of primary amides is 2. The summed E-state index contributed by atoms with van der Waals surface area (Å²) in [4.78, 5) is 22.9. The summed E-state index contributed by atoms with van der Waals surface area (Å²) in [5, 5.41) is 15.2. The number of carbonyl (C=O) groups excluding carboxylic acids is 2. The standard InChI is InChI=1S/C22H30N6O5/c1-32-17-11-13(21(25)30)9-15(23)19(17)27-5-2-3-6-28-20-16(24)10-14(22(26)31)12-18(20)33-8-4-7-29/h2-3,9-12,27-29H,4-8,23-24H2,1H3,(H2,25,30)(H2,26,31)/b3-2+. The summed E-state index contributed by atoms with van der Waals surface area (Å²) in [6.45, 7) is 1.06. The van der Waals surface area contributed by atoms with Crippen LogP contribution in [0.3, 0.4) is 0 Å². The third-order valence-electron chi connectivity index (χ3n) is 4.57. The molecule has 2 aromatic carbocycles. The lowest BCUT2D eigenvalue weighted by Crippen LogP contribution is -2.14. The van der Waals surface area contributed by atoms with Gasteiger partial charge in [-0.1, -0.05) is 12.2 Å². The van der Waals surface area contributed by atoms with Crippen molar-refractivity contribution in [3.63, 3.8) is 0 Å². The van der Waals surface area contributed by atoms with E-state index in [0.29, 0.717) is 53.8 Å². The summed E-state index contributed by atoms with van der Waals surface area (Å²) in [7, 11) is 1.47. The fraction of sp³-hybridized carbons (Fsp3) is 0.273. The largest absolute Gasteiger partial charge is 0.494 e. The number of nitrogen functional groups attached to an aromatic ring is 2. The van der Waals surface area contributed by atoms with Gasteiger partial charge in [0.15, 0.2) is 0 Å². The van der Waals surface area contributed by atoms with Gasteiger partial charge in [0.1, 0.15) is 22.9 Å². The van der Waals surface area contributed by atoms with E-state index >= 15 is 0 Å². The van der Waals surface area contributed by atoms with E-state index in [9.17, 15) is 9.59 Å². The van der Waals surface area contributed by atoms with Gasteiger partial charge in [0, 0.05) is 37.2 Å². The number of carbonyl (C=O) groups is 2. The number of anilines is 4. The number of rotatable bonds is 13. The number of ether oxygens (including phenoxy) is 2. The zero-order chi connectivity index (χ0) is 24.4. The second-order valence-electron chi connectivity index (χ2n) is 6.97. The Morgan fingerprint density at radius 3 is 1.85 bits per heavy atom. The fourth-order valence-electron chi connectivity index (χ4n) is 2.95. The molecule has 0 bridgehead atoms. The van der Waals surface area contributed by atoms with E-state index < -0.39 is 11.8 Å². The van der Waals surface area contributed by atoms with Crippen molar-refractivity contribution < 1.29 is 24.2 Å². The van der Waals surface area contributed by atoms with Gasteiger partial charge in [0.25, 0.3) is 0 Å². The lowest BCUT2D eigenvalue weighted by Gasteiger charge is -2.16. The maximum absolute atomic E-state index is 11.5. The number of hydrogen-bond acceptors (Lipinski definition) is 9. The SMILES string of the molecule is COc1cc(C(N)=O)cc(N)c1NC/C=C/CNc1c(N)cc(C(N)=O)cc1OCCCO. The fourth-order valence-corrected chi connectivity index (χ4v) is 2.95. The predicted octanol–water partition coefficient (Wildman–Crippen LogP) is 0.899. The highest BCUT2D eigenvalue weighted by atomic mass is 16.5. The molecular weight excluding hydrogens is 428 g/mol. The highest BCUT2D eigenvalue weighted by molar-refractivity contribution is 5.97. The van der Waals surface area contributed by atoms with Crippen LogP contribution in [-0.2, 0) is 0 Å². The number of nitrogens with two attached hydrogens (primary N) is 4. The van der Waals surface area contributed by atoms with Gasteiger partial charge in [-0.2, -0.15) is 0 Å². The van der Waals surface area contributed by atoms with Gasteiger partial charge in [-0.15, -0.1) is 0 Å². The quantitative estimate of drug-likeness (QED) is 0.129. The van der Waals surface area contributed by atoms with Crippen molar-refractivity contribution in [2.75, 3.05) is 55.5 Å². The van der Waals surface area contributed by atoms with Crippen molar-refractivity contribution in [1.29, 1.82) is 0 Å². The first-order valence-electron chi connectivity index (χ1n) is 10.2. The van der Waals surface area contributed by atoms with Crippen LogP contribution in [0.4, 0.5) is 22.7 Å². The van der Waals surface area contributed by atoms with Crippen LogP contribution >= 0.6 is 0 Å². The molecule has 0 atom stereocenters. The van der Waals surface area contributed by atoms with E-state index in [0.717, 1.165) is 0 Å². The molecule has 0 saturated carbocycles. The number of hydrogen-bond donors (Lipinski definition) is 7. The monoisotopic (exact) mass is 458 g/mol. The molecule has 0 fully saturated rings. The van der Waals surface area contributed by atoms with Gasteiger partial charge in [-0.3, -0.25) is 9.59 Å². The van der Waals surface area contributed by atoms with Crippen molar-refractivity contribution >= 4 is 34.6 Å². The zero-order valence-corrected chi connectivity index (χ0v) is 18.4. The predicted molar refractivity (Wildman–Crippen MR) is 129 cm³/mol. The van der Waals surface area contributed by atoms with Crippen LogP contribution in [-0.4, -0.2) is 50.3 Å². The molecule has 2 amide bonds. The van der Waals surface area contributed by atoms with Crippen LogP contribution in [0.25, 0.3) is 0 Å². The van der Waals surface area contributed by atoms with Gasteiger partial charge in [0.2, 0.25) is 11.8 Å². The summed E-state index contributed by atoms with van der Waals surface area (Å²) >= 11 is 0. The minimum atomic E-state index is -0.621. The number of amides is 2. The van der Waals surface area contributed by atoms with Gasteiger partial charge in [-0.05, 0) is 24.3 Å². The van der Waals surface area contributed by atoms with E-state index in [4.69, 9.17) is 37.5 Å². The second kappa shape index (κ2) is 12.1. The number of aliphatic hydroxyl groups is 1. The normalized spacial score (nSPS) is 10.7. The van der Waals surface area contributed by atoms with Gasteiger partial charge in [0.05, 0.1) is 25.1 Å². The van der Waals surface area contributed by atoms with Crippen molar-refractivity contribution in [1.82, 2.24) is 0 Å². The van der Waals surface area contributed by atoms with Crippen molar-refractivity contribution in [3.05, 3.63) is 47.5 Å².